The summed E-state index contributed by atoms with van der Waals surface area (Å²) in [5.74, 6) is -1.00. The zero-order valence-corrected chi connectivity index (χ0v) is 6.16. The zero-order valence-electron chi connectivity index (χ0n) is 6.16. The molecule has 0 bridgehead atoms. The lowest BCUT2D eigenvalue weighted by molar-refractivity contribution is -0.132. The van der Waals surface area contributed by atoms with Crippen LogP contribution in [0, 0.1) is 0 Å². The molecule has 0 amide bonds. The van der Waals surface area contributed by atoms with Crippen LogP contribution in [-0.2, 0) is 4.79 Å². The number of rotatable bonds is 1. The standard InChI is InChI=1S/C7H10N2O2/c1-4-2-6(8)5(3-9-4)7(10)11/h2-4,9H,8H2,1H3,(H,10,11). The molecule has 0 aromatic carbocycles. The fraction of sp³-hybridized carbons (Fsp3) is 0.286. The molecule has 1 unspecified atom stereocenters. The van der Waals surface area contributed by atoms with E-state index in [1.54, 1.807) is 6.08 Å². The number of aliphatic carboxylic acids is 1. The first-order valence-electron chi connectivity index (χ1n) is 3.28. The van der Waals surface area contributed by atoms with E-state index < -0.39 is 5.97 Å². The first-order chi connectivity index (χ1) is 5.11. The quantitative estimate of drug-likeness (QED) is 0.488. The molecule has 1 aliphatic heterocycles. The van der Waals surface area contributed by atoms with Crippen LogP contribution in [0.1, 0.15) is 6.92 Å². The molecule has 4 nitrogen and oxygen atoms in total. The first kappa shape index (κ1) is 7.65. The molecule has 1 atom stereocenters. The van der Waals surface area contributed by atoms with Crippen LogP contribution in [0.5, 0.6) is 0 Å². The molecular formula is C7H10N2O2. The van der Waals surface area contributed by atoms with Gasteiger partial charge >= 0.3 is 5.97 Å². The van der Waals surface area contributed by atoms with Gasteiger partial charge in [0.1, 0.15) is 0 Å². The van der Waals surface area contributed by atoms with Crippen molar-refractivity contribution < 1.29 is 9.90 Å². The molecule has 0 aromatic rings. The van der Waals surface area contributed by atoms with Crippen molar-refractivity contribution in [3.05, 3.63) is 23.5 Å². The Labute approximate surface area is 64.4 Å². The second kappa shape index (κ2) is 2.65. The highest BCUT2D eigenvalue weighted by Gasteiger charge is 2.14. The van der Waals surface area contributed by atoms with Crippen LogP contribution in [0.3, 0.4) is 0 Å². The van der Waals surface area contributed by atoms with Gasteiger partial charge in [-0.2, -0.15) is 0 Å². The smallest absolute Gasteiger partial charge is 0.339 e. The summed E-state index contributed by atoms with van der Waals surface area (Å²) < 4.78 is 0. The number of nitrogens with one attached hydrogen (secondary N) is 1. The predicted molar refractivity (Wildman–Crippen MR) is 40.6 cm³/mol. The fourth-order valence-corrected chi connectivity index (χ4v) is 0.891. The van der Waals surface area contributed by atoms with Gasteiger partial charge in [0, 0.05) is 17.9 Å². The van der Waals surface area contributed by atoms with Crippen molar-refractivity contribution in [1.82, 2.24) is 5.32 Å². The van der Waals surface area contributed by atoms with Crippen molar-refractivity contribution in [2.24, 2.45) is 5.73 Å². The topological polar surface area (TPSA) is 75.4 Å². The SMILES string of the molecule is CC1C=C(N)C(C(=O)O)=CN1. The van der Waals surface area contributed by atoms with Crippen LogP contribution in [0.4, 0.5) is 0 Å². The Morgan fingerprint density at radius 3 is 2.91 bits per heavy atom. The Kier molecular flexibility index (Phi) is 1.85. The third kappa shape index (κ3) is 1.52. The Bertz CT molecular complexity index is 243. The normalized spacial score (nSPS) is 23.2. The van der Waals surface area contributed by atoms with Crippen LogP contribution in [-0.4, -0.2) is 17.1 Å². The highest BCUT2D eigenvalue weighted by molar-refractivity contribution is 5.91. The number of hydrogen-bond acceptors (Lipinski definition) is 3. The molecule has 0 spiro atoms. The van der Waals surface area contributed by atoms with Gasteiger partial charge in [0.2, 0.25) is 0 Å². The number of dihydropyridines is 1. The van der Waals surface area contributed by atoms with Gasteiger partial charge in [-0.3, -0.25) is 0 Å². The summed E-state index contributed by atoms with van der Waals surface area (Å²) in [6, 6.07) is 0.109. The largest absolute Gasteiger partial charge is 0.478 e. The molecule has 1 heterocycles. The molecule has 0 saturated carbocycles. The van der Waals surface area contributed by atoms with E-state index in [0.717, 1.165) is 0 Å². The summed E-state index contributed by atoms with van der Waals surface area (Å²) >= 11 is 0. The van der Waals surface area contributed by atoms with Gasteiger partial charge < -0.3 is 16.2 Å². The lowest BCUT2D eigenvalue weighted by Crippen LogP contribution is -2.27. The number of nitrogens with two attached hydrogens (primary N) is 1. The zero-order chi connectivity index (χ0) is 8.43. The molecule has 60 valence electrons. The Balaban J connectivity index is 2.86. The first-order valence-corrected chi connectivity index (χ1v) is 3.28. The van der Waals surface area contributed by atoms with Crippen molar-refractivity contribution in [2.75, 3.05) is 0 Å². The molecule has 0 aliphatic carbocycles. The predicted octanol–water partition coefficient (Wildman–Crippen LogP) is -0.211. The fourth-order valence-electron chi connectivity index (χ4n) is 0.891. The summed E-state index contributed by atoms with van der Waals surface area (Å²) in [6.07, 6.45) is 3.09. The summed E-state index contributed by atoms with van der Waals surface area (Å²) in [4.78, 5) is 10.4. The maximum Gasteiger partial charge on any atom is 0.339 e. The van der Waals surface area contributed by atoms with Gasteiger partial charge in [-0.25, -0.2) is 4.79 Å². The average Bonchev–Trinajstić information content (AvgIpc) is 1.85. The molecule has 1 aliphatic rings. The lowest BCUT2D eigenvalue weighted by atomic mass is 10.1. The van der Waals surface area contributed by atoms with Crippen LogP contribution in [0.2, 0.25) is 0 Å². The molecule has 0 aromatic heterocycles. The van der Waals surface area contributed by atoms with Crippen LogP contribution in [0.15, 0.2) is 23.5 Å². The van der Waals surface area contributed by atoms with E-state index in [1.807, 2.05) is 6.92 Å². The Hall–Kier alpha value is -1.45. The van der Waals surface area contributed by atoms with Gasteiger partial charge in [0.15, 0.2) is 0 Å². The highest BCUT2D eigenvalue weighted by Crippen LogP contribution is 2.08. The van der Waals surface area contributed by atoms with Crippen molar-refractivity contribution in [3.63, 3.8) is 0 Å². The monoisotopic (exact) mass is 154 g/mol. The minimum atomic E-state index is -1.00. The van der Waals surface area contributed by atoms with E-state index in [2.05, 4.69) is 5.32 Å². The summed E-state index contributed by atoms with van der Waals surface area (Å²) in [5.41, 5.74) is 5.89. The maximum absolute atomic E-state index is 10.4. The molecule has 4 N–H and O–H groups in total. The Morgan fingerprint density at radius 1 is 1.82 bits per heavy atom. The second-order valence-corrected chi connectivity index (χ2v) is 2.44. The maximum atomic E-state index is 10.4. The number of carboxylic acids is 1. The van der Waals surface area contributed by atoms with E-state index in [9.17, 15) is 4.79 Å². The van der Waals surface area contributed by atoms with E-state index >= 15 is 0 Å². The second-order valence-electron chi connectivity index (χ2n) is 2.44. The van der Waals surface area contributed by atoms with Crippen molar-refractivity contribution in [2.45, 2.75) is 13.0 Å². The molecule has 0 fully saturated rings. The third-order valence-electron chi connectivity index (χ3n) is 1.46. The van der Waals surface area contributed by atoms with Gasteiger partial charge in [-0.05, 0) is 13.0 Å². The van der Waals surface area contributed by atoms with E-state index in [4.69, 9.17) is 10.8 Å². The van der Waals surface area contributed by atoms with Crippen LogP contribution in [0.25, 0.3) is 0 Å². The minimum absolute atomic E-state index is 0.109. The molecule has 4 heteroatoms. The number of carbonyl (C=O) groups is 1. The van der Waals surface area contributed by atoms with E-state index in [1.165, 1.54) is 6.20 Å². The molecule has 1 rings (SSSR count). The summed E-state index contributed by atoms with van der Waals surface area (Å²) in [5, 5.41) is 11.4. The third-order valence-corrected chi connectivity index (χ3v) is 1.46. The molecule has 11 heavy (non-hydrogen) atoms. The Morgan fingerprint density at radius 2 is 2.45 bits per heavy atom. The molecule has 0 saturated heterocycles. The van der Waals surface area contributed by atoms with Crippen LogP contribution < -0.4 is 11.1 Å². The van der Waals surface area contributed by atoms with Crippen molar-refractivity contribution >= 4 is 5.97 Å². The van der Waals surface area contributed by atoms with Gasteiger partial charge in [-0.1, -0.05) is 0 Å². The summed E-state index contributed by atoms with van der Waals surface area (Å²) in [7, 11) is 0. The minimum Gasteiger partial charge on any atom is -0.478 e. The number of carboxylic acid groups (broad SMARTS) is 1. The van der Waals surface area contributed by atoms with Gasteiger partial charge in [0.25, 0.3) is 0 Å². The average molecular weight is 154 g/mol. The van der Waals surface area contributed by atoms with Crippen molar-refractivity contribution in [1.29, 1.82) is 0 Å². The lowest BCUT2D eigenvalue weighted by Gasteiger charge is -2.15. The highest BCUT2D eigenvalue weighted by atomic mass is 16.4. The molecule has 0 radical (unpaired) electrons. The van der Waals surface area contributed by atoms with Gasteiger partial charge in [0.05, 0.1) is 5.57 Å². The van der Waals surface area contributed by atoms with E-state index in [0.29, 0.717) is 5.70 Å². The molecular weight excluding hydrogens is 144 g/mol. The van der Waals surface area contributed by atoms with Crippen LogP contribution >= 0.6 is 0 Å². The van der Waals surface area contributed by atoms with Gasteiger partial charge in [-0.15, -0.1) is 0 Å². The summed E-state index contributed by atoms with van der Waals surface area (Å²) in [6.45, 7) is 1.89. The van der Waals surface area contributed by atoms with Crippen molar-refractivity contribution in [3.8, 4) is 0 Å². The van der Waals surface area contributed by atoms with E-state index in [-0.39, 0.29) is 11.6 Å². The number of hydrogen-bond donors (Lipinski definition) is 3.